The zero-order valence-corrected chi connectivity index (χ0v) is 12.9. The molecule has 4 heteroatoms. The number of likely N-dealkylation sites (N-methyl/N-ethyl adjacent to an activating group) is 1. The van der Waals surface area contributed by atoms with Crippen molar-refractivity contribution in [3.8, 4) is 0 Å². The van der Waals surface area contributed by atoms with Crippen LogP contribution in [0.4, 0.5) is 11.4 Å². The third-order valence-electron chi connectivity index (χ3n) is 4.05. The summed E-state index contributed by atoms with van der Waals surface area (Å²) in [4.78, 5) is 2.29. The van der Waals surface area contributed by atoms with Crippen molar-refractivity contribution >= 4 is 23.0 Å². The smallest absolute Gasteiger partial charge is 0.0636 e. The van der Waals surface area contributed by atoms with Gasteiger partial charge in [-0.3, -0.25) is 0 Å². The predicted octanol–water partition coefficient (Wildman–Crippen LogP) is 3.44. The van der Waals surface area contributed by atoms with Crippen LogP contribution in [-0.2, 0) is 6.42 Å². The van der Waals surface area contributed by atoms with Gasteiger partial charge >= 0.3 is 0 Å². The molecule has 0 radical (unpaired) electrons. The van der Waals surface area contributed by atoms with Crippen molar-refractivity contribution in [2.24, 2.45) is 5.73 Å². The van der Waals surface area contributed by atoms with Crippen molar-refractivity contribution in [3.05, 3.63) is 58.6 Å². The van der Waals surface area contributed by atoms with Crippen LogP contribution in [0.15, 0.2) is 42.5 Å². The van der Waals surface area contributed by atoms with Gasteiger partial charge in [-0.25, -0.2) is 0 Å². The Morgan fingerprint density at radius 1 is 1.24 bits per heavy atom. The lowest BCUT2D eigenvalue weighted by Crippen LogP contribution is -2.20. The van der Waals surface area contributed by atoms with Gasteiger partial charge in [-0.05, 0) is 47.9 Å². The summed E-state index contributed by atoms with van der Waals surface area (Å²) in [6, 6.07) is 14.5. The van der Waals surface area contributed by atoms with E-state index >= 15 is 0 Å². The summed E-state index contributed by atoms with van der Waals surface area (Å²) in [6.07, 6.45) is 1.11. The summed E-state index contributed by atoms with van der Waals surface area (Å²) in [5.41, 5.74) is 11.0. The molecule has 0 spiro atoms. The number of nitrogens with one attached hydrogen (secondary N) is 1. The number of nitrogens with zero attached hydrogens (tertiary/aromatic N) is 1. The number of hydrogen-bond donors (Lipinski definition) is 2. The summed E-state index contributed by atoms with van der Waals surface area (Å²) in [5, 5.41) is 4.22. The number of benzene rings is 2. The lowest BCUT2D eigenvalue weighted by molar-refractivity contribution is 0.789. The maximum Gasteiger partial charge on any atom is 0.0636 e. The molecule has 1 aliphatic rings. The standard InChI is InChI=1S/C17H20ClN3/c1-21-9-8-13-10-12(2-7-17(13)21)16(11-19)20-15-5-3-14(18)4-6-15/h2-7,10,16,20H,8-9,11,19H2,1H3. The second-order valence-electron chi connectivity index (χ2n) is 5.50. The highest BCUT2D eigenvalue weighted by atomic mass is 35.5. The van der Waals surface area contributed by atoms with Gasteiger partial charge < -0.3 is 16.0 Å². The summed E-state index contributed by atoms with van der Waals surface area (Å²) < 4.78 is 0. The van der Waals surface area contributed by atoms with Crippen molar-refractivity contribution < 1.29 is 0 Å². The monoisotopic (exact) mass is 301 g/mol. The summed E-state index contributed by atoms with van der Waals surface area (Å²) in [6.45, 7) is 1.65. The molecule has 2 aromatic carbocycles. The van der Waals surface area contributed by atoms with E-state index in [1.54, 1.807) is 0 Å². The topological polar surface area (TPSA) is 41.3 Å². The van der Waals surface area contributed by atoms with Crippen LogP contribution in [0.1, 0.15) is 17.2 Å². The normalized spacial score (nSPS) is 14.9. The van der Waals surface area contributed by atoms with Crippen LogP contribution in [0.2, 0.25) is 5.02 Å². The SMILES string of the molecule is CN1CCc2cc(C(CN)Nc3ccc(Cl)cc3)ccc21. The summed E-state index contributed by atoms with van der Waals surface area (Å²) in [5.74, 6) is 0. The van der Waals surface area contributed by atoms with Crippen LogP contribution < -0.4 is 16.0 Å². The maximum atomic E-state index is 5.96. The number of rotatable bonds is 4. The van der Waals surface area contributed by atoms with Crippen molar-refractivity contribution in [2.75, 3.05) is 30.4 Å². The van der Waals surface area contributed by atoms with E-state index in [4.69, 9.17) is 17.3 Å². The Morgan fingerprint density at radius 2 is 2.00 bits per heavy atom. The van der Waals surface area contributed by atoms with Gasteiger partial charge in [0.05, 0.1) is 6.04 Å². The average Bonchev–Trinajstić information content (AvgIpc) is 2.87. The Labute approximate surface area is 130 Å². The first-order valence-electron chi connectivity index (χ1n) is 7.23. The molecule has 21 heavy (non-hydrogen) atoms. The number of halogens is 1. The van der Waals surface area contributed by atoms with Gasteiger partial charge in [-0.1, -0.05) is 23.7 Å². The quantitative estimate of drug-likeness (QED) is 0.909. The van der Waals surface area contributed by atoms with Crippen LogP contribution in [0, 0.1) is 0 Å². The van der Waals surface area contributed by atoms with Gasteiger partial charge in [-0.15, -0.1) is 0 Å². The molecule has 2 aromatic rings. The Hall–Kier alpha value is -1.71. The Bertz CT molecular complexity index is 624. The van der Waals surface area contributed by atoms with E-state index < -0.39 is 0 Å². The third-order valence-corrected chi connectivity index (χ3v) is 4.31. The Morgan fingerprint density at radius 3 is 2.71 bits per heavy atom. The lowest BCUT2D eigenvalue weighted by atomic mass is 10.0. The zero-order valence-electron chi connectivity index (χ0n) is 12.1. The molecule has 0 aliphatic carbocycles. The van der Waals surface area contributed by atoms with E-state index in [1.807, 2.05) is 24.3 Å². The van der Waals surface area contributed by atoms with Crippen LogP contribution in [-0.4, -0.2) is 20.1 Å². The minimum atomic E-state index is 0.113. The molecule has 3 N–H and O–H groups in total. The molecular weight excluding hydrogens is 282 g/mol. The molecule has 0 saturated heterocycles. The molecule has 110 valence electrons. The van der Waals surface area contributed by atoms with Gasteiger partial charge in [0.15, 0.2) is 0 Å². The molecule has 0 saturated carbocycles. The van der Waals surface area contributed by atoms with Crippen molar-refractivity contribution in [1.29, 1.82) is 0 Å². The second-order valence-corrected chi connectivity index (χ2v) is 5.94. The van der Waals surface area contributed by atoms with E-state index in [2.05, 4.69) is 35.5 Å². The highest BCUT2D eigenvalue weighted by molar-refractivity contribution is 6.30. The minimum absolute atomic E-state index is 0.113. The first-order chi connectivity index (χ1) is 10.2. The predicted molar refractivity (Wildman–Crippen MR) is 90.3 cm³/mol. The number of hydrogen-bond acceptors (Lipinski definition) is 3. The third kappa shape index (κ3) is 2.99. The van der Waals surface area contributed by atoms with E-state index in [9.17, 15) is 0 Å². The fraction of sp³-hybridized carbons (Fsp3) is 0.294. The van der Waals surface area contributed by atoms with Crippen molar-refractivity contribution in [1.82, 2.24) is 0 Å². The second kappa shape index (κ2) is 5.96. The van der Waals surface area contributed by atoms with E-state index in [0.717, 1.165) is 23.7 Å². The molecular formula is C17H20ClN3. The van der Waals surface area contributed by atoms with Gasteiger partial charge in [0.1, 0.15) is 0 Å². The minimum Gasteiger partial charge on any atom is -0.377 e. The number of anilines is 2. The largest absolute Gasteiger partial charge is 0.377 e. The molecule has 3 rings (SSSR count). The molecule has 3 nitrogen and oxygen atoms in total. The Kier molecular flexibility index (Phi) is 4.04. The van der Waals surface area contributed by atoms with Crippen LogP contribution in [0.3, 0.4) is 0 Å². The molecule has 0 amide bonds. The van der Waals surface area contributed by atoms with E-state index in [1.165, 1.54) is 16.8 Å². The maximum absolute atomic E-state index is 5.96. The van der Waals surface area contributed by atoms with Gasteiger partial charge in [0.2, 0.25) is 0 Å². The summed E-state index contributed by atoms with van der Waals surface area (Å²) >= 11 is 5.92. The van der Waals surface area contributed by atoms with Crippen molar-refractivity contribution in [2.45, 2.75) is 12.5 Å². The molecule has 1 aliphatic heterocycles. The molecule has 0 fully saturated rings. The molecule has 1 heterocycles. The van der Waals surface area contributed by atoms with Gasteiger partial charge in [0.25, 0.3) is 0 Å². The van der Waals surface area contributed by atoms with Gasteiger partial charge in [0, 0.05) is 36.5 Å². The fourth-order valence-corrected chi connectivity index (χ4v) is 2.96. The first kappa shape index (κ1) is 14.2. The van der Waals surface area contributed by atoms with Crippen LogP contribution in [0.5, 0.6) is 0 Å². The van der Waals surface area contributed by atoms with E-state index in [-0.39, 0.29) is 6.04 Å². The lowest BCUT2D eigenvalue weighted by Gasteiger charge is -2.20. The molecule has 1 atom stereocenters. The van der Waals surface area contributed by atoms with Gasteiger partial charge in [-0.2, -0.15) is 0 Å². The summed E-state index contributed by atoms with van der Waals surface area (Å²) in [7, 11) is 2.14. The highest BCUT2D eigenvalue weighted by Gasteiger charge is 2.18. The van der Waals surface area contributed by atoms with Crippen LogP contribution in [0.25, 0.3) is 0 Å². The van der Waals surface area contributed by atoms with Crippen LogP contribution >= 0.6 is 11.6 Å². The average molecular weight is 302 g/mol. The zero-order chi connectivity index (χ0) is 14.8. The molecule has 0 bridgehead atoms. The first-order valence-corrected chi connectivity index (χ1v) is 7.61. The molecule has 1 unspecified atom stereocenters. The molecule has 0 aromatic heterocycles. The number of fused-ring (bicyclic) bond motifs is 1. The fourth-order valence-electron chi connectivity index (χ4n) is 2.83. The number of nitrogens with two attached hydrogens (primary N) is 1. The highest BCUT2D eigenvalue weighted by Crippen LogP contribution is 2.30. The van der Waals surface area contributed by atoms with Crippen molar-refractivity contribution in [3.63, 3.8) is 0 Å². The Balaban J connectivity index is 1.82. The van der Waals surface area contributed by atoms with E-state index in [0.29, 0.717) is 6.54 Å².